The third-order valence-corrected chi connectivity index (χ3v) is 3.08. The number of nitrogens with one attached hydrogen (secondary N) is 1. The van der Waals surface area contributed by atoms with Crippen molar-refractivity contribution in [2.24, 2.45) is 0 Å². The van der Waals surface area contributed by atoms with Crippen LogP contribution >= 0.6 is 0 Å². The van der Waals surface area contributed by atoms with Crippen LogP contribution in [0.2, 0.25) is 0 Å². The number of benzene rings is 2. The summed E-state index contributed by atoms with van der Waals surface area (Å²) in [5.41, 5.74) is 1.24. The van der Waals surface area contributed by atoms with Gasteiger partial charge in [-0.25, -0.2) is 4.39 Å². The summed E-state index contributed by atoms with van der Waals surface area (Å²) in [6.07, 6.45) is 0.946. The molecule has 110 valence electrons. The van der Waals surface area contributed by atoms with E-state index in [4.69, 9.17) is 4.74 Å². The fourth-order valence-corrected chi connectivity index (χ4v) is 1.93. The highest BCUT2D eigenvalue weighted by Gasteiger charge is 2.09. The second-order valence-electron chi connectivity index (χ2n) is 4.59. The molecule has 2 aromatic rings. The first kappa shape index (κ1) is 15.0. The molecule has 3 nitrogen and oxygen atoms in total. The predicted molar refractivity (Wildman–Crippen MR) is 80.0 cm³/mol. The van der Waals surface area contributed by atoms with Gasteiger partial charge in [-0.05, 0) is 36.2 Å². The molecule has 0 fully saturated rings. The number of amides is 1. The van der Waals surface area contributed by atoms with Gasteiger partial charge in [0.15, 0.2) is 0 Å². The Kier molecular flexibility index (Phi) is 5.32. The molecule has 1 amide bonds. The molecule has 0 aromatic heterocycles. The zero-order chi connectivity index (χ0) is 15.1. The van der Waals surface area contributed by atoms with E-state index < -0.39 is 11.7 Å². The molecule has 2 rings (SSSR count). The van der Waals surface area contributed by atoms with E-state index in [2.05, 4.69) is 12.2 Å². The molecule has 0 aliphatic carbocycles. The van der Waals surface area contributed by atoms with Gasteiger partial charge in [0.1, 0.15) is 18.2 Å². The number of rotatable bonds is 6. The van der Waals surface area contributed by atoms with Gasteiger partial charge in [-0.15, -0.1) is 0 Å². The standard InChI is InChI=1S/C17H18FNO2/c1-2-13-6-5-7-14(12-13)21-11-10-19-17(20)15-8-3-4-9-16(15)18/h3-9,12H,2,10-11H2,1H3,(H,19,20). The fourth-order valence-electron chi connectivity index (χ4n) is 1.93. The van der Waals surface area contributed by atoms with E-state index in [1.807, 2.05) is 24.3 Å². The van der Waals surface area contributed by atoms with Gasteiger partial charge in [0, 0.05) is 0 Å². The Morgan fingerprint density at radius 1 is 1.19 bits per heavy atom. The summed E-state index contributed by atoms with van der Waals surface area (Å²) in [6.45, 7) is 2.74. The number of halogens is 1. The Labute approximate surface area is 123 Å². The molecule has 0 atom stereocenters. The van der Waals surface area contributed by atoms with E-state index in [1.165, 1.54) is 17.7 Å². The average Bonchev–Trinajstić information content (AvgIpc) is 2.52. The summed E-state index contributed by atoms with van der Waals surface area (Å²) in [7, 11) is 0. The summed E-state index contributed by atoms with van der Waals surface area (Å²) in [4.78, 5) is 11.8. The third kappa shape index (κ3) is 4.31. The molecule has 0 spiro atoms. The van der Waals surface area contributed by atoms with Gasteiger partial charge in [0.05, 0.1) is 12.1 Å². The first-order chi connectivity index (χ1) is 10.2. The zero-order valence-corrected chi connectivity index (χ0v) is 11.9. The van der Waals surface area contributed by atoms with Gasteiger partial charge < -0.3 is 10.1 Å². The van der Waals surface area contributed by atoms with Crippen molar-refractivity contribution in [3.8, 4) is 5.75 Å². The van der Waals surface area contributed by atoms with Crippen molar-refractivity contribution in [3.63, 3.8) is 0 Å². The quantitative estimate of drug-likeness (QED) is 0.829. The van der Waals surface area contributed by atoms with Crippen LogP contribution in [-0.2, 0) is 6.42 Å². The van der Waals surface area contributed by atoms with Gasteiger partial charge in [0.2, 0.25) is 0 Å². The average molecular weight is 287 g/mol. The smallest absolute Gasteiger partial charge is 0.254 e. The summed E-state index contributed by atoms with van der Waals surface area (Å²) in [6, 6.07) is 13.7. The van der Waals surface area contributed by atoms with Crippen LogP contribution in [0.3, 0.4) is 0 Å². The van der Waals surface area contributed by atoms with Gasteiger partial charge in [0.25, 0.3) is 5.91 Å². The normalized spacial score (nSPS) is 10.2. The minimum Gasteiger partial charge on any atom is -0.492 e. The van der Waals surface area contributed by atoms with Crippen LogP contribution in [0.25, 0.3) is 0 Å². The highest BCUT2D eigenvalue weighted by atomic mass is 19.1. The van der Waals surface area contributed by atoms with Crippen LogP contribution in [-0.4, -0.2) is 19.1 Å². The lowest BCUT2D eigenvalue weighted by atomic mass is 10.2. The van der Waals surface area contributed by atoms with Crippen LogP contribution in [0.5, 0.6) is 5.75 Å². The number of aryl methyl sites for hydroxylation is 1. The second-order valence-corrected chi connectivity index (χ2v) is 4.59. The Balaban J connectivity index is 1.79. The van der Waals surface area contributed by atoms with Crippen LogP contribution in [0.15, 0.2) is 48.5 Å². The largest absolute Gasteiger partial charge is 0.492 e. The van der Waals surface area contributed by atoms with Crippen molar-refractivity contribution in [2.75, 3.05) is 13.2 Å². The first-order valence-electron chi connectivity index (χ1n) is 6.95. The molecule has 21 heavy (non-hydrogen) atoms. The SMILES string of the molecule is CCc1cccc(OCCNC(=O)c2ccccc2F)c1. The van der Waals surface area contributed by atoms with Crippen molar-refractivity contribution >= 4 is 5.91 Å². The zero-order valence-electron chi connectivity index (χ0n) is 11.9. The van der Waals surface area contributed by atoms with E-state index in [9.17, 15) is 9.18 Å². The maximum absolute atomic E-state index is 13.4. The maximum Gasteiger partial charge on any atom is 0.254 e. The molecule has 0 saturated heterocycles. The van der Waals surface area contributed by atoms with E-state index in [-0.39, 0.29) is 5.56 Å². The van der Waals surface area contributed by atoms with Crippen molar-refractivity contribution < 1.29 is 13.9 Å². The number of carbonyl (C=O) groups excluding carboxylic acids is 1. The Bertz CT molecular complexity index is 613. The van der Waals surface area contributed by atoms with Gasteiger partial charge in [-0.1, -0.05) is 31.2 Å². The molecule has 0 radical (unpaired) electrons. The van der Waals surface area contributed by atoms with E-state index in [1.54, 1.807) is 12.1 Å². The first-order valence-corrected chi connectivity index (χ1v) is 6.95. The highest BCUT2D eigenvalue weighted by molar-refractivity contribution is 5.94. The molecule has 1 N–H and O–H groups in total. The third-order valence-electron chi connectivity index (χ3n) is 3.08. The lowest BCUT2D eigenvalue weighted by molar-refractivity contribution is 0.0943. The topological polar surface area (TPSA) is 38.3 Å². The van der Waals surface area contributed by atoms with Crippen molar-refractivity contribution in [3.05, 3.63) is 65.5 Å². The summed E-state index contributed by atoms with van der Waals surface area (Å²) in [5.74, 6) is -0.180. The van der Waals surface area contributed by atoms with E-state index in [0.717, 1.165) is 12.2 Å². The Hall–Kier alpha value is -2.36. The molecule has 0 unspecified atom stereocenters. The van der Waals surface area contributed by atoms with Gasteiger partial charge >= 0.3 is 0 Å². The van der Waals surface area contributed by atoms with Gasteiger partial charge in [-0.2, -0.15) is 0 Å². The molecule has 2 aromatic carbocycles. The fraction of sp³-hybridized carbons (Fsp3) is 0.235. The van der Waals surface area contributed by atoms with Crippen LogP contribution in [0.1, 0.15) is 22.8 Å². The molecule has 4 heteroatoms. The molecule has 0 bridgehead atoms. The van der Waals surface area contributed by atoms with Crippen molar-refractivity contribution in [1.82, 2.24) is 5.32 Å². The number of hydrogen-bond acceptors (Lipinski definition) is 2. The van der Waals surface area contributed by atoms with Crippen LogP contribution < -0.4 is 10.1 Å². The molecule has 0 aliphatic rings. The van der Waals surface area contributed by atoms with Crippen LogP contribution in [0, 0.1) is 5.82 Å². The maximum atomic E-state index is 13.4. The minimum absolute atomic E-state index is 0.0467. The van der Waals surface area contributed by atoms with Gasteiger partial charge in [-0.3, -0.25) is 4.79 Å². The lowest BCUT2D eigenvalue weighted by Crippen LogP contribution is -2.28. The molecular formula is C17H18FNO2. The monoisotopic (exact) mass is 287 g/mol. The molecular weight excluding hydrogens is 269 g/mol. The summed E-state index contributed by atoms with van der Waals surface area (Å²) >= 11 is 0. The number of ether oxygens (including phenoxy) is 1. The Morgan fingerprint density at radius 2 is 2.00 bits per heavy atom. The molecule has 0 heterocycles. The second kappa shape index (κ2) is 7.43. The van der Waals surface area contributed by atoms with Crippen LogP contribution in [0.4, 0.5) is 4.39 Å². The van der Waals surface area contributed by atoms with Crippen molar-refractivity contribution in [2.45, 2.75) is 13.3 Å². The molecule has 0 aliphatic heterocycles. The number of hydrogen-bond donors (Lipinski definition) is 1. The van der Waals surface area contributed by atoms with Crippen molar-refractivity contribution in [1.29, 1.82) is 0 Å². The minimum atomic E-state index is -0.522. The summed E-state index contributed by atoms with van der Waals surface area (Å²) < 4.78 is 19.0. The lowest BCUT2D eigenvalue weighted by Gasteiger charge is -2.09. The van der Waals surface area contributed by atoms with E-state index in [0.29, 0.717) is 13.2 Å². The predicted octanol–water partition coefficient (Wildman–Crippen LogP) is 3.20. The summed E-state index contributed by atoms with van der Waals surface area (Å²) in [5, 5.41) is 2.63. The Morgan fingerprint density at radius 3 is 2.76 bits per heavy atom. The number of carbonyl (C=O) groups is 1. The van der Waals surface area contributed by atoms with E-state index >= 15 is 0 Å². The highest BCUT2D eigenvalue weighted by Crippen LogP contribution is 2.13. The molecule has 0 saturated carbocycles.